The Kier molecular flexibility index (Phi) is 4.94. The number of hydrogen-bond donors (Lipinski definition) is 1. The van der Waals surface area contributed by atoms with Crippen molar-refractivity contribution < 1.29 is 9.47 Å². The first kappa shape index (κ1) is 15.6. The molecule has 0 atom stereocenters. The number of hydrogen-bond acceptors (Lipinski definition) is 4. The molecule has 1 N–H and O–H groups in total. The minimum Gasteiger partial charge on any atom is -0.496 e. The second-order valence-corrected chi connectivity index (χ2v) is 6.56. The molecule has 1 aliphatic rings. The lowest BCUT2D eigenvalue weighted by Crippen LogP contribution is -2.57. The summed E-state index contributed by atoms with van der Waals surface area (Å²) in [5.41, 5.74) is 1.30. The van der Waals surface area contributed by atoms with E-state index < -0.39 is 0 Å². The fourth-order valence-electron chi connectivity index (χ4n) is 2.57. The van der Waals surface area contributed by atoms with Gasteiger partial charge in [0.2, 0.25) is 0 Å². The number of nitrogens with one attached hydrogen (secondary N) is 1. The van der Waals surface area contributed by atoms with E-state index in [1.54, 1.807) is 14.2 Å². The molecular weight excluding hydrogens is 320 g/mol. The summed E-state index contributed by atoms with van der Waals surface area (Å²) in [7, 11) is 3.39. The molecule has 5 heteroatoms. The Morgan fingerprint density at radius 3 is 2.55 bits per heavy atom. The van der Waals surface area contributed by atoms with E-state index in [1.165, 1.54) is 0 Å². The van der Waals surface area contributed by atoms with Gasteiger partial charge in [-0.2, -0.15) is 0 Å². The maximum atomic E-state index is 5.51. The summed E-state index contributed by atoms with van der Waals surface area (Å²) in [4.78, 5) is 2.48. The molecule has 0 bridgehead atoms. The van der Waals surface area contributed by atoms with E-state index in [9.17, 15) is 0 Å². The first-order valence-electron chi connectivity index (χ1n) is 6.84. The quantitative estimate of drug-likeness (QED) is 0.911. The number of halogens is 1. The fourth-order valence-corrected chi connectivity index (χ4v) is 3.05. The highest BCUT2D eigenvalue weighted by molar-refractivity contribution is 9.10. The lowest BCUT2D eigenvalue weighted by molar-refractivity contribution is 0.0818. The molecule has 1 fully saturated rings. The normalized spacial score (nSPS) is 18.9. The lowest BCUT2D eigenvalue weighted by atomic mass is 9.99. The van der Waals surface area contributed by atoms with E-state index in [0.717, 1.165) is 47.7 Å². The topological polar surface area (TPSA) is 33.7 Å². The maximum absolute atomic E-state index is 5.51. The van der Waals surface area contributed by atoms with Crippen LogP contribution in [0.1, 0.15) is 19.4 Å². The van der Waals surface area contributed by atoms with Crippen LogP contribution in [0.15, 0.2) is 16.6 Å². The molecule has 0 radical (unpaired) electrons. The van der Waals surface area contributed by atoms with Crippen LogP contribution in [0.2, 0.25) is 0 Å². The van der Waals surface area contributed by atoms with Crippen molar-refractivity contribution in [1.82, 2.24) is 10.2 Å². The van der Waals surface area contributed by atoms with Crippen LogP contribution in [0.4, 0.5) is 0 Å². The summed E-state index contributed by atoms with van der Waals surface area (Å²) >= 11 is 3.50. The second-order valence-electron chi connectivity index (χ2n) is 5.71. The highest BCUT2D eigenvalue weighted by atomic mass is 79.9. The van der Waals surface area contributed by atoms with Gasteiger partial charge in [0.05, 0.1) is 18.7 Å². The molecule has 0 aromatic heterocycles. The molecule has 1 aromatic carbocycles. The smallest absolute Gasteiger partial charge is 0.133 e. The minimum absolute atomic E-state index is 0.142. The van der Waals surface area contributed by atoms with Crippen LogP contribution in [0.3, 0.4) is 0 Å². The van der Waals surface area contributed by atoms with Crippen LogP contribution in [0, 0.1) is 0 Å². The van der Waals surface area contributed by atoms with Gasteiger partial charge in [-0.25, -0.2) is 0 Å². The Morgan fingerprint density at radius 1 is 1.25 bits per heavy atom. The molecule has 0 unspecified atom stereocenters. The largest absolute Gasteiger partial charge is 0.496 e. The Hall–Kier alpha value is -0.780. The molecule has 0 aliphatic carbocycles. The number of methoxy groups -OCH3 is 2. The van der Waals surface area contributed by atoms with Crippen molar-refractivity contribution in [2.75, 3.05) is 33.9 Å². The number of piperazine rings is 1. The van der Waals surface area contributed by atoms with E-state index >= 15 is 0 Å². The van der Waals surface area contributed by atoms with E-state index in [4.69, 9.17) is 9.47 Å². The van der Waals surface area contributed by atoms with Gasteiger partial charge in [-0.15, -0.1) is 0 Å². The van der Waals surface area contributed by atoms with Crippen LogP contribution in [0.25, 0.3) is 0 Å². The van der Waals surface area contributed by atoms with Gasteiger partial charge < -0.3 is 14.8 Å². The summed E-state index contributed by atoms with van der Waals surface area (Å²) in [6.45, 7) is 8.46. The summed E-state index contributed by atoms with van der Waals surface area (Å²) in [6.07, 6.45) is 0. The third kappa shape index (κ3) is 3.27. The van der Waals surface area contributed by atoms with Crippen molar-refractivity contribution >= 4 is 15.9 Å². The van der Waals surface area contributed by atoms with Crippen LogP contribution in [0.5, 0.6) is 11.5 Å². The fraction of sp³-hybridized carbons (Fsp3) is 0.600. The Labute approximate surface area is 129 Å². The number of ether oxygens (including phenoxy) is 2. The second kappa shape index (κ2) is 6.33. The van der Waals surface area contributed by atoms with Gasteiger partial charge in [0.1, 0.15) is 11.5 Å². The van der Waals surface area contributed by atoms with E-state index in [-0.39, 0.29) is 5.54 Å². The number of nitrogens with zero attached hydrogens (tertiary/aromatic N) is 1. The van der Waals surface area contributed by atoms with Crippen LogP contribution in [-0.4, -0.2) is 44.3 Å². The average molecular weight is 343 g/mol. The molecular formula is C15H23BrN2O2. The maximum Gasteiger partial charge on any atom is 0.133 e. The summed E-state index contributed by atoms with van der Waals surface area (Å²) in [6, 6.07) is 4.03. The van der Waals surface area contributed by atoms with Crippen molar-refractivity contribution in [3.63, 3.8) is 0 Å². The average Bonchev–Trinajstić information content (AvgIpc) is 2.42. The highest BCUT2D eigenvalue weighted by Crippen LogP contribution is 2.34. The zero-order chi connectivity index (χ0) is 14.8. The summed E-state index contributed by atoms with van der Waals surface area (Å²) in [5, 5.41) is 3.45. The van der Waals surface area contributed by atoms with Crippen LogP contribution >= 0.6 is 15.9 Å². The zero-order valence-electron chi connectivity index (χ0n) is 12.6. The Morgan fingerprint density at radius 2 is 1.95 bits per heavy atom. The first-order valence-corrected chi connectivity index (χ1v) is 7.63. The van der Waals surface area contributed by atoms with Gasteiger partial charge >= 0.3 is 0 Å². The molecule has 0 amide bonds. The molecule has 112 valence electrons. The minimum atomic E-state index is 0.142. The molecule has 1 aliphatic heterocycles. The van der Waals surface area contributed by atoms with Gasteiger partial charge in [-0.3, -0.25) is 4.90 Å². The first-order chi connectivity index (χ1) is 9.47. The molecule has 0 spiro atoms. The number of rotatable bonds is 4. The van der Waals surface area contributed by atoms with Gasteiger partial charge in [-0.1, -0.05) is 0 Å². The third-order valence-corrected chi connectivity index (χ3v) is 4.51. The van der Waals surface area contributed by atoms with E-state index in [0.29, 0.717) is 0 Å². The molecule has 1 heterocycles. The SMILES string of the molecule is COc1cc(CN2CCNCC2(C)C)c(OC)cc1Br. The van der Waals surface area contributed by atoms with Crippen LogP contribution < -0.4 is 14.8 Å². The molecule has 4 nitrogen and oxygen atoms in total. The summed E-state index contributed by atoms with van der Waals surface area (Å²) < 4.78 is 11.8. The van der Waals surface area contributed by atoms with E-state index in [2.05, 4.69) is 46.1 Å². The van der Waals surface area contributed by atoms with Crippen molar-refractivity contribution in [1.29, 1.82) is 0 Å². The highest BCUT2D eigenvalue weighted by Gasteiger charge is 2.30. The monoisotopic (exact) mass is 342 g/mol. The van der Waals surface area contributed by atoms with Crippen LogP contribution in [-0.2, 0) is 6.54 Å². The predicted molar refractivity (Wildman–Crippen MR) is 84.6 cm³/mol. The van der Waals surface area contributed by atoms with Gasteiger partial charge in [-0.05, 0) is 41.9 Å². The van der Waals surface area contributed by atoms with Crippen molar-refractivity contribution in [3.05, 3.63) is 22.2 Å². The summed E-state index contributed by atoms with van der Waals surface area (Å²) in [5.74, 6) is 1.74. The van der Waals surface area contributed by atoms with Gasteiger partial charge in [0.25, 0.3) is 0 Å². The lowest BCUT2D eigenvalue weighted by Gasteiger charge is -2.43. The predicted octanol–water partition coefficient (Wildman–Crippen LogP) is 2.65. The molecule has 2 rings (SSSR count). The van der Waals surface area contributed by atoms with Gasteiger partial charge in [0.15, 0.2) is 0 Å². The molecule has 20 heavy (non-hydrogen) atoms. The number of benzene rings is 1. The Balaban J connectivity index is 2.27. The molecule has 1 saturated heterocycles. The molecule has 0 saturated carbocycles. The standard InChI is InChI=1S/C15H23BrN2O2/c1-15(2)10-17-5-6-18(15)9-11-7-14(20-4)12(16)8-13(11)19-3/h7-8,17H,5-6,9-10H2,1-4H3. The third-order valence-electron chi connectivity index (χ3n) is 3.89. The molecule has 1 aromatic rings. The van der Waals surface area contributed by atoms with E-state index in [1.807, 2.05) is 6.07 Å². The van der Waals surface area contributed by atoms with Gasteiger partial charge in [0, 0.05) is 37.3 Å². The van der Waals surface area contributed by atoms with Crippen molar-refractivity contribution in [2.24, 2.45) is 0 Å². The zero-order valence-corrected chi connectivity index (χ0v) is 14.2. The van der Waals surface area contributed by atoms with Crippen molar-refractivity contribution in [2.45, 2.75) is 25.9 Å². The Bertz CT molecular complexity index is 477. The van der Waals surface area contributed by atoms with Crippen molar-refractivity contribution in [3.8, 4) is 11.5 Å².